The summed E-state index contributed by atoms with van der Waals surface area (Å²) < 4.78 is 25.1. The number of carbonyl (C=O) groups excluding carboxylic acids is 1. The van der Waals surface area contributed by atoms with Crippen LogP contribution < -0.4 is 10.1 Å². The number of hydrogen-bond acceptors (Lipinski definition) is 5. The fourth-order valence-corrected chi connectivity index (χ4v) is 3.97. The second-order valence-electron chi connectivity index (χ2n) is 6.66. The summed E-state index contributed by atoms with van der Waals surface area (Å²) >= 11 is 1.63. The molecule has 2 aromatic carbocycles. The Labute approximate surface area is 171 Å². The number of rotatable bonds is 7. The highest BCUT2D eigenvalue weighted by Crippen LogP contribution is 2.22. The fourth-order valence-electron chi connectivity index (χ4n) is 2.88. The van der Waals surface area contributed by atoms with Gasteiger partial charge in [0.05, 0.1) is 15.2 Å². The molecule has 0 fully saturated rings. The summed E-state index contributed by atoms with van der Waals surface area (Å²) in [6.45, 7) is 2.09. The van der Waals surface area contributed by atoms with Gasteiger partial charge in [0.1, 0.15) is 23.9 Å². The number of furan rings is 1. The molecule has 0 saturated heterocycles. The van der Waals surface area contributed by atoms with Crippen molar-refractivity contribution in [1.29, 1.82) is 0 Å². The van der Waals surface area contributed by atoms with Crippen LogP contribution in [0, 0.1) is 5.82 Å². The maximum Gasteiger partial charge on any atom is 0.287 e. The molecule has 7 heteroatoms. The lowest BCUT2D eigenvalue weighted by Gasteiger charge is -2.11. The van der Waals surface area contributed by atoms with Crippen LogP contribution in [-0.4, -0.2) is 16.9 Å². The molecular formula is C22H19FN2O3S. The number of nitrogens with one attached hydrogen (secondary N) is 1. The van der Waals surface area contributed by atoms with Crippen LogP contribution in [0.4, 0.5) is 4.39 Å². The van der Waals surface area contributed by atoms with Crippen LogP contribution in [0.3, 0.4) is 0 Å². The second-order valence-corrected chi connectivity index (χ2v) is 7.78. The number of hydrogen-bond donors (Lipinski definition) is 1. The Hall–Kier alpha value is -3.19. The van der Waals surface area contributed by atoms with Gasteiger partial charge in [-0.2, -0.15) is 0 Å². The molecule has 148 valence electrons. The van der Waals surface area contributed by atoms with E-state index in [2.05, 4.69) is 10.3 Å². The lowest BCUT2D eigenvalue weighted by atomic mass is 10.2. The standard InChI is InChI=1S/C22H19FN2O3S/c1-14(12-21-25-18-4-2-3-5-20(18)29-21)24-22(26)19-11-10-17(28-19)13-27-16-8-6-15(23)7-9-16/h2-11,14H,12-13H2,1H3,(H,24,26). The molecule has 2 heterocycles. The van der Waals surface area contributed by atoms with E-state index in [9.17, 15) is 9.18 Å². The summed E-state index contributed by atoms with van der Waals surface area (Å²) in [5, 5.41) is 3.91. The molecule has 2 aromatic heterocycles. The van der Waals surface area contributed by atoms with Crippen molar-refractivity contribution in [3.8, 4) is 5.75 Å². The normalized spacial score (nSPS) is 12.1. The van der Waals surface area contributed by atoms with E-state index in [1.54, 1.807) is 23.5 Å². The Morgan fingerprint density at radius 3 is 2.76 bits per heavy atom. The van der Waals surface area contributed by atoms with E-state index < -0.39 is 0 Å². The Bertz CT molecular complexity index is 1090. The van der Waals surface area contributed by atoms with Gasteiger partial charge in [-0.05, 0) is 55.5 Å². The molecular weight excluding hydrogens is 391 g/mol. The van der Waals surface area contributed by atoms with Gasteiger partial charge in [0.25, 0.3) is 5.91 Å². The average molecular weight is 410 g/mol. The van der Waals surface area contributed by atoms with Gasteiger partial charge < -0.3 is 14.5 Å². The monoisotopic (exact) mass is 410 g/mol. The van der Waals surface area contributed by atoms with Crippen molar-refractivity contribution in [2.45, 2.75) is 26.0 Å². The van der Waals surface area contributed by atoms with Crippen molar-refractivity contribution < 1.29 is 18.3 Å². The molecule has 0 aliphatic carbocycles. The Kier molecular flexibility index (Phi) is 5.57. The van der Waals surface area contributed by atoms with Crippen LogP contribution in [0.2, 0.25) is 0 Å². The number of halogens is 1. The molecule has 1 atom stereocenters. The van der Waals surface area contributed by atoms with E-state index in [-0.39, 0.29) is 30.1 Å². The van der Waals surface area contributed by atoms with E-state index in [0.29, 0.717) is 17.9 Å². The number of fused-ring (bicyclic) bond motifs is 1. The van der Waals surface area contributed by atoms with Gasteiger partial charge in [0, 0.05) is 12.5 Å². The van der Waals surface area contributed by atoms with Crippen LogP contribution >= 0.6 is 11.3 Å². The first-order valence-electron chi connectivity index (χ1n) is 9.19. The Morgan fingerprint density at radius 2 is 1.97 bits per heavy atom. The highest BCUT2D eigenvalue weighted by molar-refractivity contribution is 7.18. The zero-order valence-corrected chi connectivity index (χ0v) is 16.5. The molecule has 1 unspecified atom stereocenters. The third-order valence-corrected chi connectivity index (χ3v) is 5.34. The molecule has 4 aromatic rings. The van der Waals surface area contributed by atoms with Crippen molar-refractivity contribution in [3.05, 3.63) is 83.0 Å². The highest BCUT2D eigenvalue weighted by Gasteiger charge is 2.16. The zero-order chi connectivity index (χ0) is 20.2. The quantitative estimate of drug-likeness (QED) is 0.467. The highest BCUT2D eigenvalue weighted by atomic mass is 32.1. The maximum absolute atomic E-state index is 12.9. The first-order valence-corrected chi connectivity index (χ1v) is 10.0. The lowest BCUT2D eigenvalue weighted by Crippen LogP contribution is -2.33. The molecule has 1 N–H and O–H groups in total. The van der Waals surface area contributed by atoms with Crippen molar-refractivity contribution in [1.82, 2.24) is 10.3 Å². The minimum absolute atomic E-state index is 0.0907. The molecule has 0 spiro atoms. The van der Waals surface area contributed by atoms with Gasteiger partial charge in [-0.1, -0.05) is 12.1 Å². The van der Waals surface area contributed by atoms with E-state index in [0.717, 1.165) is 15.2 Å². The number of nitrogens with zero attached hydrogens (tertiary/aromatic N) is 1. The predicted octanol–water partition coefficient (Wildman–Crippen LogP) is 4.97. The summed E-state index contributed by atoms with van der Waals surface area (Å²) in [6.07, 6.45) is 0.645. The number of benzene rings is 2. The van der Waals surface area contributed by atoms with Crippen LogP contribution in [0.5, 0.6) is 5.75 Å². The van der Waals surface area contributed by atoms with E-state index in [1.807, 2.05) is 31.2 Å². The third-order valence-electron chi connectivity index (χ3n) is 4.28. The van der Waals surface area contributed by atoms with Gasteiger partial charge in [-0.25, -0.2) is 9.37 Å². The first kappa shape index (κ1) is 19.1. The van der Waals surface area contributed by atoms with E-state index in [4.69, 9.17) is 9.15 Å². The van der Waals surface area contributed by atoms with Gasteiger partial charge in [0.2, 0.25) is 0 Å². The van der Waals surface area contributed by atoms with Crippen LogP contribution in [0.25, 0.3) is 10.2 Å². The lowest BCUT2D eigenvalue weighted by molar-refractivity contribution is 0.0908. The van der Waals surface area contributed by atoms with E-state index in [1.165, 1.54) is 24.3 Å². The molecule has 29 heavy (non-hydrogen) atoms. The van der Waals surface area contributed by atoms with Gasteiger partial charge in [-0.3, -0.25) is 4.79 Å². The molecule has 0 aliphatic heterocycles. The van der Waals surface area contributed by atoms with Crippen LogP contribution in [0.15, 0.2) is 65.1 Å². The zero-order valence-electron chi connectivity index (χ0n) is 15.7. The number of amides is 1. The van der Waals surface area contributed by atoms with Crippen LogP contribution in [-0.2, 0) is 13.0 Å². The summed E-state index contributed by atoms with van der Waals surface area (Å²) in [7, 11) is 0. The van der Waals surface area contributed by atoms with Crippen molar-refractivity contribution in [2.24, 2.45) is 0 Å². The molecule has 0 saturated carbocycles. The van der Waals surface area contributed by atoms with Crippen LogP contribution in [0.1, 0.15) is 28.2 Å². The largest absolute Gasteiger partial charge is 0.486 e. The second kappa shape index (κ2) is 8.45. The fraction of sp³-hybridized carbons (Fsp3) is 0.182. The molecule has 0 aliphatic rings. The third kappa shape index (κ3) is 4.81. The topological polar surface area (TPSA) is 64.4 Å². The number of aromatic nitrogens is 1. The molecule has 0 bridgehead atoms. The van der Waals surface area contributed by atoms with Crippen molar-refractivity contribution in [2.75, 3.05) is 0 Å². The maximum atomic E-state index is 12.9. The molecule has 4 rings (SSSR count). The molecule has 5 nitrogen and oxygen atoms in total. The molecule has 1 amide bonds. The predicted molar refractivity (Wildman–Crippen MR) is 110 cm³/mol. The number of para-hydroxylation sites is 1. The van der Waals surface area contributed by atoms with Crippen molar-refractivity contribution in [3.63, 3.8) is 0 Å². The molecule has 0 radical (unpaired) electrons. The minimum atomic E-state index is -0.325. The summed E-state index contributed by atoms with van der Waals surface area (Å²) in [4.78, 5) is 17.0. The summed E-state index contributed by atoms with van der Waals surface area (Å²) in [5.74, 6) is 0.649. The number of ether oxygens (including phenoxy) is 1. The SMILES string of the molecule is CC(Cc1nc2ccccc2s1)NC(=O)c1ccc(COc2ccc(F)cc2)o1. The van der Waals surface area contributed by atoms with Gasteiger partial charge in [-0.15, -0.1) is 11.3 Å². The number of thiazole rings is 1. The first-order chi connectivity index (χ1) is 14.1. The summed E-state index contributed by atoms with van der Waals surface area (Å²) in [6, 6.07) is 16.9. The minimum Gasteiger partial charge on any atom is -0.486 e. The van der Waals surface area contributed by atoms with E-state index >= 15 is 0 Å². The Balaban J connectivity index is 1.31. The average Bonchev–Trinajstić information content (AvgIpc) is 3.33. The number of carbonyl (C=O) groups is 1. The smallest absolute Gasteiger partial charge is 0.287 e. The van der Waals surface area contributed by atoms with Gasteiger partial charge in [0.15, 0.2) is 5.76 Å². The Morgan fingerprint density at radius 1 is 1.17 bits per heavy atom. The summed E-state index contributed by atoms with van der Waals surface area (Å²) in [5.41, 5.74) is 0.975. The van der Waals surface area contributed by atoms with Gasteiger partial charge >= 0.3 is 0 Å². The van der Waals surface area contributed by atoms with Crippen molar-refractivity contribution >= 4 is 27.5 Å².